The van der Waals surface area contributed by atoms with Crippen molar-refractivity contribution in [1.82, 2.24) is 15.1 Å². The minimum Gasteiger partial charge on any atom is -0.489 e. The molecule has 162 valence electrons. The number of nitrogens with zero attached hydrogens (tertiary/aromatic N) is 3. The van der Waals surface area contributed by atoms with E-state index in [1.54, 1.807) is 12.4 Å². The summed E-state index contributed by atoms with van der Waals surface area (Å²) in [6, 6.07) is 13.1. The molecule has 0 bridgehead atoms. The lowest BCUT2D eigenvalue weighted by Gasteiger charge is -2.11. The molecule has 7 heteroatoms. The van der Waals surface area contributed by atoms with Crippen molar-refractivity contribution in [2.75, 3.05) is 5.32 Å². The van der Waals surface area contributed by atoms with Crippen LogP contribution in [-0.2, 0) is 6.61 Å². The topological polar surface area (TPSA) is 90.1 Å². The van der Waals surface area contributed by atoms with Gasteiger partial charge in [0, 0.05) is 41.3 Å². The van der Waals surface area contributed by atoms with E-state index in [1.807, 2.05) is 56.3 Å². The van der Waals surface area contributed by atoms with Crippen LogP contribution < -0.4 is 10.1 Å². The van der Waals surface area contributed by atoms with Crippen LogP contribution in [-0.4, -0.2) is 21.0 Å². The molecule has 1 fully saturated rings. The number of fused-ring (bicyclic) bond motifs is 1. The first-order chi connectivity index (χ1) is 15.6. The number of carbonyl (C=O) groups excluding carboxylic acids is 1. The van der Waals surface area contributed by atoms with Crippen molar-refractivity contribution in [2.24, 2.45) is 0 Å². The fourth-order valence-corrected chi connectivity index (χ4v) is 3.67. The van der Waals surface area contributed by atoms with Crippen molar-refractivity contribution in [3.8, 4) is 5.75 Å². The summed E-state index contributed by atoms with van der Waals surface area (Å²) in [5.74, 6) is 0.954. The maximum atomic E-state index is 13.3. The van der Waals surface area contributed by atoms with Crippen LogP contribution in [0.5, 0.6) is 5.75 Å². The highest BCUT2D eigenvalue weighted by Crippen LogP contribution is 2.41. The van der Waals surface area contributed by atoms with E-state index in [0.717, 1.165) is 29.8 Å². The molecule has 3 heterocycles. The number of ether oxygens (including phenoxy) is 1. The number of hydrogen-bond acceptors (Lipinski definition) is 6. The van der Waals surface area contributed by atoms with Crippen LogP contribution in [0.25, 0.3) is 11.1 Å². The van der Waals surface area contributed by atoms with Gasteiger partial charge < -0.3 is 14.6 Å². The normalized spacial score (nSPS) is 13.5. The minimum absolute atomic E-state index is 0.112. The lowest BCUT2D eigenvalue weighted by molar-refractivity contribution is 0.102. The molecular weight excluding hydrogens is 404 g/mol. The molecule has 1 aromatic carbocycles. The third kappa shape index (κ3) is 4.19. The molecule has 1 N–H and O–H groups in total. The van der Waals surface area contributed by atoms with Gasteiger partial charge in [0.15, 0.2) is 0 Å². The third-order valence-electron chi connectivity index (χ3n) is 5.50. The number of amides is 1. The molecule has 4 aromatic rings. The van der Waals surface area contributed by atoms with Crippen molar-refractivity contribution in [3.63, 3.8) is 0 Å². The molecule has 0 saturated heterocycles. The van der Waals surface area contributed by atoms with Gasteiger partial charge >= 0.3 is 0 Å². The van der Waals surface area contributed by atoms with Crippen LogP contribution in [0.4, 0.5) is 5.69 Å². The molecule has 0 atom stereocenters. The van der Waals surface area contributed by atoms with E-state index >= 15 is 0 Å². The zero-order valence-electron chi connectivity index (χ0n) is 18.0. The van der Waals surface area contributed by atoms with Gasteiger partial charge in [-0.1, -0.05) is 31.1 Å². The van der Waals surface area contributed by atoms with E-state index in [2.05, 4.69) is 20.4 Å². The Labute approximate surface area is 185 Å². The highest BCUT2D eigenvalue weighted by atomic mass is 16.5. The lowest BCUT2D eigenvalue weighted by Crippen LogP contribution is -2.14. The van der Waals surface area contributed by atoms with Crippen molar-refractivity contribution in [2.45, 2.75) is 45.1 Å². The summed E-state index contributed by atoms with van der Waals surface area (Å²) in [5, 5.41) is 7.88. The van der Waals surface area contributed by atoms with Gasteiger partial charge in [0.25, 0.3) is 11.6 Å². The Bertz CT molecular complexity index is 1260. The number of aromatic nitrogens is 3. The van der Waals surface area contributed by atoms with Gasteiger partial charge in [-0.15, -0.1) is 0 Å². The predicted molar refractivity (Wildman–Crippen MR) is 121 cm³/mol. The summed E-state index contributed by atoms with van der Waals surface area (Å²) in [7, 11) is 0. The maximum absolute atomic E-state index is 13.3. The summed E-state index contributed by atoms with van der Waals surface area (Å²) in [6.45, 7) is 4.45. The molecular formula is C25H24N4O3. The Balaban J connectivity index is 1.40. The van der Waals surface area contributed by atoms with Crippen LogP contribution in [0.3, 0.4) is 0 Å². The molecule has 7 nitrogen and oxygen atoms in total. The predicted octanol–water partition coefficient (Wildman–Crippen LogP) is 5.45. The average Bonchev–Trinajstić information content (AvgIpc) is 3.56. The van der Waals surface area contributed by atoms with Crippen LogP contribution in [0.1, 0.15) is 65.8 Å². The van der Waals surface area contributed by atoms with E-state index in [-0.39, 0.29) is 11.8 Å². The van der Waals surface area contributed by atoms with Crippen LogP contribution in [0.2, 0.25) is 0 Å². The van der Waals surface area contributed by atoms with Gasteiger partial charge in [-0.05, 0) is 43.0 Å². The second kappa shape index (κ2) is 8.42. The van der Waals surface area contributed by atoms with Crippen LogP contribution in [0, 0.1) is 0 Å². The summed E-state index contributed by atoms with van der Waals surface area (Å²) in [4.78, 5) is 22.0. The first-order valence-corrected chi connectivity index (χ1v) is 10.8. The number of nitrogens with one attached hydrogen (secondary N) is 1. The van der Waals surface area contributed by atoms with Crippen molar-refractivity contribution in [3.05, 3.63) is 77.4 Å². The SMILES string of the molecule is CC(C)c1noc2nc(C3CC3)cc(C(=O)Nc3cccc(OCc4cccnc4)c3)c12. The number of carbonyl (C=O) groups is 1. The fraction of sp³-hybridized carbons (Fsp3) is 0.280. The number of benzene rings is 1. The van der Waals surface area contributed by atoms with Crippen molar-refractivity contribution < 1.29 is 14.1 Å². The molecule has 0 aliphatic heterocycles. The quantitative estimate of drug-likeness (QED) is 0.421. The first kappa shape index (κ1) is 20.2. The van der Waals surface area contributed by atoms with Gasteiger partial charge in [0.05, 0.1) is 16.6 Å². The number of anilines is 1. The smallest absolute Gasteiger partial charge is 0.259 e. The van der Waals surface area contributed by atoms with E-state index in [9.17, 15) is 4.79 Å². The van der Waals surface area contributed by atoms with E-state index in [4.69, 9.17) is 9.26 Å². The Kier molecular flexibility index (Phi) is 5.31. The van der Waals surface area contributed by atoms with E-state index < -0.39 is 0 Å². The number of rotatable bonds is 7. The zero-order valence-corrected chi connectivity index (χ0v) is 18.0. The zero-order chi connectivity index (χ0) is 22.1. The fourth-order valence-electron chi connectivity index (χ4n) is 3.67. The standard InChI is InChI=1S/C25H24N4O3/c1-15(2)23-22-20(12-21(17-8-9-17)28-25(22)32-29-23)24(30)27-18-6-3-7-19(11-18)31-14-16-5-4-10-26-13-16/h3-7,10-13,15,17H,8-9,14H2,1-2H3,(H,27,30). The Hall–Kier alpha value is -3.74. The summed E-state index contributed by atoms with van der Waals surface area (Å²) < 4.78 is 11.4. The monoisotopic (exact) mass is 428 g/mol. The molecule has 1 aliphatic rings. The molecule has 0 unspecified atom stereocenters. The second-order valence-corrected chi connectivity index (χ2v) is 8.40. The van der Waals surface area contributed by atoms with Crippen LogP contribution >= 0.6 is 0 Å². The van der Waals surface area contributed by atoms with Gasteiger partial charge in [0.2, 0.25) is 0 Å². The molecule has 1 saturated carbocycles. The third-order valence-corrected chi connectivity index (χ3v) is 5.50. The molecule has 0 radical (unpaired) electrons. The average molecular weight is 428 g/mol. The Morgan fingerprint density at radius 3 is 2.84 bits per heavy atom. The lowest BCUT2D eigenvalue weighted by atomic mass is 10.0. The van der Waals surface area contributed by atoms with Gasteiger partial charge in [-0.3, -0.25) is 9.78 Å². The largest absolute Gasteiger partial charge is 0.489 e. The van der Waals surface area contributed by atoms with E-state index in [1.165, 1.54) is 0 Å². The Morgan fingerprint density at radius 1 is 1.22 bits per heavy atom. The summed E-state index contributed by atoms with van der Waals surface area (Å²) in [5.41, 5.74) is 4.23. The molecule has 1 aliphatic carbocycles. The summed E-state index contributed by atoms with van der Waals surface area (Å²) >= 11 is 0. The van der Waals surface area contributed by atoms with Gasteiger partial charge in [0.1, 0.15) is 12.4 Å². The number of pyridine rings is 2. The van der Waals surface area contributed by atoms with Crippen LogP contribution in [0.15, 0.2) is 59.4 Å². The molecule has 1 amide bonds. The number of hydrogen-bond donors (Lipinski definition) is 1. The van der Waals surface area contributed by atoms with Gasteiger partial charge in [-0.25, -0.2) is 4.98 Å². The maximum Gasteiger partial charge on any atom is 0.259 e. The Morgan fingerprint density at radius 2 is 2.09 bits per heavy atom. The molecule has 0 spiro atoms. The minimum atomic E-state index is -0.214. The molecule has 3 aromatic heterocycles. The highest BCUT2D eigenvalue weighted by Gasteiger charge is 2.29. The highest BCUT2D eigenvalue weighted by molar-refractivity contribution is 6.12. The second-order valence-electron chi connectivity index (χ2n) is 8.40. The van der Waals surface area contributed by atoms with Gasteiger partial charge in [-0.2, -0.15) is 0 Å². The summed E-state index contributed by atoms with van der Waals surface area (Å²) in [6.07, 6.45) is 5.66. The first-order valence-electron chi connectivity index (χ1n) is 10.8. The molecule has 5 rings (SSSR count). The van der Waals surface area contributed by atoms with Crippen molar-refractivity contribution in [1.29, 1.82) is 0 Å². The van der Waals surface area contributed by atoms with E-state index in [0.29, 0.717) is 40.6 Å². The van der Waals surface area contributed by atoms with Crippen molar-refractivity contribution >= 4 is 22.7 Å². The molecule has 32 heavy (non-hydrogen) atoms.